The van der Waals surface area contributed by atoms with Crippen LogP contribution in [0.15, 0.2) is 16.6 Å². The Labute approximate surface area is 144 Å². The molecule has 0 amide bonds. The molecule has 0 aliphatic carbocycles. The standard InChI is InChI=1S/C15H19BrFN3O2S/c1-6-23(21,22)20(5)11-7-12(15(17)13(16)8-11)14-9(2)18-19(4)10(14)3/h7-8H,6H2,1-5H3. The summed E-state index contributed by atoms with van der Waals surface area (Å²) in [6.45, 7) is 5.22. The van der Waals surface area contributed by atoms with E-state index in [1.165, 1.54) is 17.4 Å². The van der Waals surface area contributed by atoms with Crippen LogP contribution in [0.1, 0.15) is 18.3 Å². The smallest absolute Gasteiger partial charge is 0.234 e. The van der Waals surface area contributed by atoms with E-state index >= 15 is 0 Å². The first-order valence-corrected chi connectivity index (χ1v) is 9.46. The summed E-state index contributed by atoms with van der Waals surface area (Å²) >= 11 is 3.18. The number of nitrogens with zero attached hydrogens (tertiary/aromatic N) is 3. The van der Waals surface area contributed by atoms with Crippen LogP contribution in [0.3, 0.4) is 0 Å². The number of aryl methyl sites for hydroxylation is 2. The van der Waals surface area contributed by atoms with Gasteiger partial charge in [-0.05, 0) is 48.8 Å². The molecular formula is C15H19BrFN3O2S. The normalized spacial score (nSPS) is 11.8. The Kier molecular flexibility index (Phi) is 4.86. The summed E-state index contributed by atoms with van der Waals surface area (Å²) in [5.74, 6) is -0.464. The fourth-order valence-corrected chi connectivity index (χ4v) is 3.72. The van der Waals surface area contributed by atoms with E-state index in [0.29, 0.717) is 22.5 Å². The van der Waals surface area contributed by atoms with E-state index in [0.717, 1.165) is 5.69 Å². The van der Waals surface area contributed by atoms with Gasteiger partial charge in [0.1, 0.15) is 5.82 Å². The van der Waals surface area contributed by atoms with Crippen LogP contribution < -0.4 is 4.31 Å². The molecule has 0 saturated heterocycles. The average molecular weight is 404 g/mol. The van der Waals surface area contributed by atoms with Gasteiger partial charge in [0, 0.05) is 30.9 Å². The van der Waals surface area contributed by atoms with Crippen molar-refractivity contribution in [3.05, 3.63) is 33.8 Å². The first-order valence-electron chi connectivity index (χ1n) is 7.06. The van der Waals surface area contributed by atoms with Gasteiger partial charge in [-0.3, -0.25) is 8.99 Å². The molecule has 0 aliphatic rings. The Morgan fingerprint density at radius 2 is 1.96 bits per heavy atom. The minimum Gasteiger partial charge on any atom is -0.273 e. The lowest BCUT2D eigenvalue weighted by Gasteiger charge is -2.20. The third kappa shape index (κ3) is 3.14. The summed E-state index contributed by atoms with van der Waals surface area (Å²) in [5, 5.41) is 4.30. The van der Waals surface area contributed by atoms with E-state index in [4.69, 9.17) is 0 Å². The molecule has 5 nitrogen and oxygen atoms in total. The van der Waals surface area contributed by atoms with E-state index in [-0.39, 0.29) is 10.2 Å². The zero-order chi connectivity index (χ0) is 17.5. The molecule has 1 aromatic carbocycles. The Hall–Kier alpha value is -1.41. The van der Waals surface area contributed by atoms with Gasteiger partial charge in [-0.2, -0.15) is 5.10 Å². The number of benzene rings is 1. The van der Waals surface area contributed by atoms with Gasteiger partial charge in [0.25, 0.3) is 0 Å². The van der Waals surface area contributed by atoms with Gasteiger partial charge >= 0.3 is 0 Å². The highest BCUT2D eigenvalue weighted by Crippen LogP contribution is 2.36. The van der Waals surface area contributed by atoms with E-state index in [2.05, 4.69) is 21.0 Å². The highest BCUT2D eigenvalue weighted by molar-refractivity contribution is 9.10. The maximum absolute atomic E-state index is 14.6. The number of aromatic nitrogens is 2. The number of sulfonamides is 1. The second kappa shape index (κ2) is 6.24. The molecule has 0 saturated carbocycles. The van der Waals surface area contributed by atoms with Gasteiger partial charge in [-0.25, -0.2) is 12.8 Å². The lowest BCUT2D eigenvalue weighted by atomic mass is 10.0. The van der Waals surface area contributed by atoms with Crippen molar-refractivity contribution in [3.8, 4) is 11.1 Å². The number of hydrogen-bond donors (Lipinski definition) is 0. The zero-order valence-corrected chi connectivity index (χ0v) is 16.1. The van der Waals surface area contributed by atoms with Gasteiger partial charge in [0.15, 0.2) is 0 Å². The summed E-state index contributed by atoms with van der Waals surface area (Å²) in [4.78, 5) is 0. The fourth-order valence-electron chi connectivity index (χ4n) is 2.46. The highest BCUT2D eigenvalue weighted by atomic mass is 79.9. The van der Waals surface area contributed by atoms with Crippen LogP contribution in [0, 0.1) is 19.7 Å². The third-order valence-electron chi connectivity index (χ3n) is 3.94. The molecule has 2 rings (SSSR count). The maximum Gasteiger partial charge on any atom is 0.234 e. The van der Waals surface area contributed by atoms with Gasteiger partial charge in [-0.15, -0.1) is 0 Å². The van der Waals surface area contributed by atoms with Crippen LogP contribution in [0.25, 0.3) is 11.1 Å². The van der Waals surface area contributed by atoms with Crippen molar-refractivity contribution < 1.29 is 12.8 Å². The molecule has 0 spiro atoms. The summed E-state index contributed by atoms with van der Waals surface area (Å²) in [6.07, 6.45) is 0. The molecule has 1 heterocycles. The molecule has 0 atom stereocenters. The summed E-state index contributed by atoms with van der Waals surface area (Å²) in [5.41, 5.74) is 2.91. The number of anilines is 1. The number of rotatable bonds is 4. The summed E-state index contributed by atoms with van der Waals surface area (Å²) < 4.78 is 41.9. The van der Waals surface area contributed by atoms with Crippen molar-refractivity contribution >= 4 is 31.6 Å². The van der Waals surface area contributed by atoms with Crippen molar-refractivity contribution in [2.75, 3.05) is 17.1 Å². The molecule has 8 heteroatoms. The second-order valence-electron chi connectivity index (χ2n) is 5.33. The molecule has 0 radical (unpaired) electrons. The van der Waals surface area contributed by atoms with Crippen LogP contribution >= 0.6 is 15.9 Å². The zero-order valence-electron chi connectivity index (χ0n) is 13.7. The molecule has 126 valence electrons. The molecular weight excluding hydrogens is 385 g/mol. The van der Waals surface area contributed by atoms with E-state index in [9.17, 15) is 12.8 Å². The minimum atomic E-state index is -3.43. The van der Waals surface area contributed by atoms with E-state index in [1.54, 1.807) is 31.6 Å². The third-order valence-corrected chi connectivity index (χ3v) is 6.29. The first kappa shape index (κ1) is 17.9. The molecule has 0 aliphatic heterocycles. The van der Waals surface area contributed by atoms with Crippen LogP contribution in [0.2, 0.25) is 0 Å². The SMILES string of the molecule is CCS(=O)(=O)N(C)c1cc(Br)c(F)c(-c2c(C)nn(C)c2C)c1. The molecule has 0 bridgehead atoms. The molecule has 1 aromatic heterocycles. The van der Waals surface area contributed by atoms with Crippen LogP contribution in [-0.2, 0) is 17.1 Å². The Morgan fingerprint density at radius 1 is 1.35 bits per heavy atom. The minimum absolute atomic E-state index is 0.0290. The van der Waals surface area contributed by atoms with Crippen molar-refractivity contribution in [2.24, 2.45) is 7.05 Å². The van der Waals surface area contributed by atoms with Gasteiger partial charge < -0.3 is 0 Å². The number of hydrogen-bond acceptors (Lipinski definition) is 3. The van der Waals surface area contributed by atoms with Crippen molar-refractivity contribution in [1.29, 1.82) is 0 Å². The molecule has 0 unspecified atom stereocenters. The van der Waals surface area contributed by atoms with Crippen molar-refractivity contribution in [3.63, 3.8) is 0 Å². The second-order valence-corrected chi connectivity index (χ2v) is 8.47. The fraction of sp³-hybridized carbons (Fsp3) is 0.400. The Bertz CT molecular complexity index is 862. The monoisotopic (exact) mass is 403 g/mol. The van der Waals surface area contributed by atoms with Crippen LogP contribution in [0.4, 0.5) is 10.1 Å². The van der Waals surface area contributed by atoms with Gasteiger partial charge in [0.05, 0.1) is 21.6 Å². The lowest BCUT2D eigenvalue weighted by Crippen LogP contribution is -2.28. The quantitative estimate of drug-likeness (QED) is 0.785. The van der Waals surface area contributed by atoms with Crippen LogP contribution in [-0.4, -0.2) is 31.0 Å². The largest absolute Gasteiger partial charge is 0.273 e. The van der Waals surface area contributed by atoms with E-state index < -0.39 is 15.8 Å². The van der Waals surface area contributed by atoms with Crippen LogP contribution in [0.5, 0.6) is 0 Å². The Balaban J connectivity index is 2.71. The lowest BCUT2D eigenvalue weighted by molar-refractivity contribution is 0.595. The van der Waals surface area contributed by atoms with E-state index in [1.807, 2.05) is 6.92 Å². The summed E-state index contributed by atoms with van der Waals surface area (Å²) in [7, 11) is -0.174. The molecule has 0 fully saturated rings. The first-order chi connectivity index (χ1) is 10.6. The molecule has 2 aromatic rings. The Morgan fingerprint density at radius 3 is 2.43 bits per heavy atom. The van der Waals surface area contributed by atoms with Crippen molar-refractivity contribution in [1.82, 2.24) is 9.78 Å². The highest BCUT2D eigenvalue weighted by Gasteiger charge is 2.22. The van der Waals surface area contributed by atoms with Crippen molar-refractivity contribution in [2.45, 2.75) is 20.8 Å². The predicted molar refractivity (Wildman–Crippen MR) is 93.6 cm³/mol. The van der Waals surface area contributed by atoms with Gasteiger partial charge in [-0.1, -0.05) is 0 Å². The van der Waals surface area contributed by atoms with Gasteiger partial charge in [0.2, 0.25) is 10.0 Å². The molecule has 23 heavy (non-hydrogen) atoms. The maximum atomic E-state index is 14.6. The average Bonchev–Trinajstić information content (AvgIpc) is 2.74. The number of halogens is 2. The molecule has 0 N–H and O–H groups in total. The topological polar surface area (TPSA) is 55.2 Å². The predicted octanol–water partition coefficient (Wildman–Crippen LogP) is 3.39. The summed E-state index contributed by atoms with van der Waals surface area (Å²) in [6, 6.07) is 3.01.